The Morgan fingerprint density at radius 2 is 1.97 bits per heavy atom. The van der Waals surface area contributed by atoms with Crippen molar-refractivity contribution in [1.29, 1.82) is 0 Å². The van der Waals surface area contributed by atoms with E-state index in [1.165, 1.54) is 19.5 Å². The van der Waals surface area contributed by atoms with E-state index in [2.05, 4.69) is 16.8 Å². The Bertz CT molecular complexity index is 811. The van der Waals surface area contributed by atoms with Gasteiger partial charge in [0, 0.05) is 44.0 Å². The summed E-state index contributed by atoms with van der Waals surface area (Å²) in [5.74, 6) is 0.342. The van der Waals surface area contributed by atoms with Gasteiger partial charge in [0.2, 0.25) is 5.91 Å². The van der Waals surface area contributed by atoms with Crippen LogP contribution in [0.1, 0.15) is 66.2 Å². The summed E-state index contributed by atoms with van der Waals surface area (Å²) in [6.07, 6.45) is 8.66. The van der Waals surface area contributed by atoms with Gasteiger partial charge in [-0.1, -0.05) is 13.3 Å². The highest BCUT2D eigenvalue weighted by atomic mass is 16.5. The van der Waals surface area contributed by atoms with Crippen LogP contribution in [0, 0.1) is 11.8 Å². The quantitative estimate of drug-likeness (QED) is 0.727. The van der Waals surface area contributed by atoms with Gasteiger partial charge in [-0.3, -0.25) is 14.6 Å². The molecule has 4 heterocycles. The molecule has 3 fully saturated rings. The van der Waals surface area contributed by atoms with Gasteiger partial charge in [-0.25, -0.2) is 4.79 Å². The van der Waals surface area contributed by atoms with Crippen LogP contribution >= 0.6 is 0 Å². The fourth-order valence-corrected chi connectivity index (χ4v) is 5.58. The van der Waals surface area contributed by atoms with Gasteiger partial charge in [0.1, 0.15) is 0 Å². The van der Waals surface area contributed by atoms with E-state index in [4.69, 9.17) is 4.74 Å². The predicted molar refractivity (Wildman–Crippen MR) is 106 cm³/mol. The average molecular weight is 399 g/mol. The highest BCUT2D eigenvalue weighted by Gasteiger charge is 2.49. The Hall–Kier alpha value is -2.44. The summed E-state index contributed by atoms with van der Waals surface area (Å²) in [5, 5.41) is 0. The first-order valence-corrected chi connectivity index (χ1v) is 10.7. The molecule has 2 bridgehead atoms. The van der Waals surface area contributed by atoms with Gasteiger partial charge in [0.15, 0.2) is 0 Å². The SMILES string of the molecule is CCC[C@H]1[C@H]2C[C@H](CN(C(=O)c3cncc(C(=O)OC)c3)C2)[C@@H]2CCCC(=O)N21. The Kier molecular flexibility index (Phi) is 5.56. The first-order valence-electron chi connectivity index (χ1n) is 10.7. The third-order valence-electron chi connectivity index (χ3n) is 6.77. The monoisotopic (exact) mass is 399 g/mol. The number of hydrogen-bond acceptors (Lipinski definition) is 5. The number of esters is 1. The molecule has 7 heteroatoms. The van der Waals surface area contributed by atoms with Crippen molar-refractivity contribution in [3.05, 3.63) is 29.6 Å². The maximum absolute atomic E-state index is 13.2. The first kappa shape index (κ1) is 19.9. The highest BCUT2D eigenvalue weighted by Crippen LogP contribution is 2.43. The number of nitrogens with zero attached hydrogens (tertiary/aromatic N) is 3. The number of pyridine rings is 1. The number of piperidine rings is 3. The smallest absolute Gasteiger partial charge is 0.339 e. The Morgan fingerprint density at radius 3 is 2.72 bits per heavy atom. The number of rotatable bonds is 4. The van der Waals surface area contributed by atoms with Crippen molar-refractivity contribution in [3.8, 4) is 0 Å². The summed E-state index contributed by atoms with van der Waals surface area (Å²) >= 11 is 0. The second-order valence-corrected chi connectivity index (χ2v) is 8.54. The minimum absolute atomic E-state index is 0.0937. The topological polar surface area (TPSA) is 79.8 Å². The average Bonchev–Trinajstić information content (AvgIpc) is 2.75. The minimum atomic E-state index is -0.498. The summed E-state index contributed by atoms with van der Waals surface area (Å²) in [5.41, 5.74) is 0.694. The largest absolute Gasteiger partial charge is 0.465 e. The lowest BCUT2D eigenvalue weighted by Gasteiger charge is -2.56. The molecule has 7 nitrogen and oxygen atoms in total. The molecule has 0 N–H and O–H groups in total. The highest BCUT2D eigenvalue weighted by molar-refractivity contribution is 5.97. The lowest BCUT2D eigenvalue weighted by atomic mass is 9.71. The third-order valence-corrected chi connectivity index (χ3v) is 6.77. The molecule has 0 aromatic carbocycles. The van der Waals surface area contributed by atoms with Gasteiger partial charge in [-0.05, 0) is 43.6 Å². The van der Waals surface area contributed by atoms with Gasteiger partial charge >= 0.3 is 5.97 Å². The zero-order valence-electron chi connectivity index (χ0n) is 17.2. The van der Waals surface area contributed by atoms with Crippen LogP contribution in [0.2, 0.25) is 0 Å². The molecular weight excluding hydrogens is 370 g/mol. The Morgan fingerprint density at radius 1 is 1.21 bits per heavy atom. The van der Waals surface area contributed by atoms with Crippen LogP contribution in [0.25, 0.3) is 0 Å². The van der Waals surface area contributed by atoms with Crippen LogP contribution < -0.4 is 0 Å². The third kappa shape index (κ3) is 3.63. The molecule has 156 valence electrons. The van der Waals surface area contributed by atoms with Crippen LogP contribution in [0.5, 0.6) is 0 Å². The number of aromatic nitrogens is 1. The van der Waals surface area contributed by atoms with Gasteiger partial charge in [0.05, 0.1) is 18.2 Å². The molecule has 4 atom stereocenters. The van der Waals surface area contributed by atoms with Crippen molar-refractivity contribution in [2.75, 3.05) is 20.2 Å². The van der Waals surface area contributed by atoms with E-state index in [0.29, 0.717) is 42.8 Å². The summed E-state index contributed by atoms with van der Waals surface area (Å²) < 4.78 is 4.75. The molecule has 1 aromatic rings. The summed E-state index contributed by atoms with van der Waals surface area (Å²) in [6, 6.07) is 2.04. The van der Waals surface area contributed by atoms with E-state index in [1.807, 2.05) is 4.90 Å². The molecule has 0 aliphatic carbocycles. The van der Waals surface area contributed by atoms with Crippen molar-refractivity contribution >= 4 is 17.8 Å². The Balaban J connectivity index is 1.58. The van der Waals surface area contributed by atoms with Crippen LogP contribution in [-0.2, 0) is 9.53 Å². The summed E-state index contributed by atoms with van der Waals surface area (Å²) in [4.78, 5) is 45.9. The number of likely N-dealkylation sites (tertiary alicyclic amines) is 1. The first-order chi connectivity index (χ1) is 14.0. The normalized spacial score (nSPS) is 28.7. The lowest BCUT2D eigenvalue weighted by Crippen LogP contribution is -2.65. The van der Waals surface area contributed by atoms with Gasteiger partial charge < -0.3 is 14.5 Å². The predicted octanol–water partition coefficient (Wildman–Crippen LogP) is 2.51. The maximum atomic E-state index is 13.2. The number of fused-ring (bicyclic) bond motifs is 4. The van der Waals surface area contributed by atoms with Gasteiger partial charge in [-0.15, -0.1) is 0 Å². The molecule has 4 rings (SSSR count). The van der Waals surface area contributed by atoms with Crippen LogP contribution in [0.3, 0.4) is 0 Å². The standard InChI is InChI=1S/C22H29N3O4/c1-3-5-18-16-9-17(19-6-4-7-20(26)25(18)19)13-24(12-16)21(27)14-8-15(11-23-10-14)22(28)29-2/h8,10-11,16-19H,3-7,9,12-13H2,1-2H3/t16-,17+,18-,19-/m0/s1. The Labute approximate surface area is 171 Å². The second kappa shape index (κ2) is 8.13. The molecule has 0 radical (unpaired) electrons. The fourth-order valence-electron chi connectivity index (χ4n) is 5.58. The van der Waals surface area contributed by atoms with Crippen LogP contribution in [0.4, 0.5) is 0 Å². The molecule has 1 aromatic heterocycles. The maximum Gasteiger partial charge on any atom is 0.339 e. The molecule has 0 spiro atoms. The number of carbonyl (C=O) groups excluding carboxylic acids is 3. The summed E-state index contributed by atoms with van der Waals surface area (Å²) in [6.45, 7) is 3.47. The van der Waals surface area contributed by atoms with E-state index in [1.54, 1.807) is 6.07 Å². The summed E-state index contributed by atoms with van der Waals surface area (Å²) in [7, 11) is 1.31. The fraction of sp³-hybridized carbons (Fsp3) is 0.636. The van der Waals surface area contributed by atoms with Crippen molar-refractivity contribution < 1.29 is 19.1 Å². The number of hydrogen-bond donors (Lipinski definition) is 0. The molecule has 0 saturated carbocycles. The zero-order chi connectivity index (χ0) is 20.5. The van der Waals surface area contributed by atoms with Gasteiger partial charge in [0.25, 0.3) is 5.91 Å². The number of methoxy groups -OCH3 is 1. The van der Waals surface area contributed by atoms with E-state index >= 15 is 0 Å². The molecule has 3 aliphatic heterocycles. The van der Waals surface area contributed by atoms with Crippen molar-refractivity contribution in [2.45, 2.75) is 57.5 Å². The number of carbonyl (C=O) groups is 3. The van der Waals surface area contributed by atoms with E-state index in [0.717, 1.165) is 32.1 Å². The van der Waals surface area contributed by atoms with E-state index in [-0.39, 0.29) is 23.6 Å². The molecule has 3 aliphatic rings. The van der Waals surface area contributed by atoms with Crippen molar-refractivity contribution in [1.82, 2.24) is 14.8 Å². The second-order valence-electron chi connectivity index (χ2n) is 8.54. The van der Waals surface area contributed by atoms with Crippen LogP contribution in [0.15, 0.2) is 18.5 Å². The number of ether oxygens (including phenoxy) is 1. The molecule has 3 saturated heterocycles. The van der Waals surface area contributed by atoms with Crippen LogP contribution in [-0.4, -0.2) is 64.9 Å². The minimum Gasteiger partial charge on any atom is -0.465 e. The molecule has 0 unspecified atom stereocenters. The van der Waals surface area contributed by atoms with E-state index < -0.39 is 5.97 Å². The lowest BCUT2D eigenvalue weighted by molar-refractivity contribution is -0.152. The molecule has 29 heavy (non-hydrogen) atoms. The molecular formula is C22H29N3O4. The zero-order valence-corrected chi connectivity index (χ0v) is 17.2. The molecule has 2 amide bonds. The van der Waals surface area contributed by atoms with Crippen molar-refractivity contribution in [3.63, 3.8) is 0 Å². The van der Waals surface area contributed by atoms with Crippen molar-refractivity contribution in [2.24, 2.45) is 11.8 Å². The van der Waals surface area contributed by atoms with Gasteiger partial charge in [-0.2, -0.15) is 0 Å². The van der Waals surface area contributed by atoms with E-state index in [9.17, 15) is 14.4 Å². The number of amides is 2.